The minimum Gasteiger partial charge on any atom is -0.319 e. The van der Waals surface area contributed by atoms with Gasteiger partial charge in [0.05, 0.1) is 10.9 Å². The van der Waals surface area contributed by atoms with Gasteiger partial charge in [-0.25, -0.2) is 13.1 Å². The van der Waals surface area contributed by atoms with Gasteiger partial charge in [-0.2, -0.15) is 0 Å². The van der Waals surface area contributed by atoms with E-state index in [0.29, 0.717) is 18.7 Å². The van der Waals surface area contributed by atoms with E-state index in [1.165, 1.54) is 7.05 Å². The number of hydrogen-bond acceptors (Lipinski definition) is 4. The van der Waals surface area contributed by atoms with E-state index in [2.05, 4.69) is 4.72 Å². The zero-order chi connectivity index (χ0) is 16.7. The second-order valence-electron chi connectivity index (χ2n) is 6.58. The van der Waals surface area contributed by atoms with Crippen LogP contribution in [-0.2, 0) is 21.2 Å². The maximum absolute atomic E-state index is 12.6. The fourth-order valence-electron chi connectivity index (χ4n) is 2.41. The molecule has 23 heavy (non-hydrogen) atoms. The Kier molecular flexibility index (Phi) is 5.85. The van der Waals surface area contributed by atoms with Gasteiger partial charge in [-0.3, -0.25) is 4.79 Å². The van der Waals surface area contributed by atoms with E-state index in [9.17, 15) is 13.2 Å². The third-order valence-electron chi connectivity index (χ3n) is 4.00. The van der Waals surface area contributed by atoms with Crippen LogP contribution in [0.4, 0.5) is 5.69 Å². The lowest BCUT2D eigenvalue weighted by atomic mass is 9.86. The highest BCUT2D eigenvalue weighted by molar-refractivity contribution is 7.89. The zero-order valence-corrected chi connectivity index (χ0v) is 15.4. The number of nitrogens with two attached hydrogens (primary N) is 1. The lowest BCUT2D eigenvalue weighted by Crippen LogP contribution is -2.50. The van der Waals surface area contributed by atoms with Crippen molar-refractivity contribution in [1.29, 1.82) is 0 Å². The number of hydrogen-bond donors (Lipinski definition) is 2. The molecule has 0 spiro atoms. The van der Waals surface area contributed by atoms with Crippen LogP contribution in [0.5, 0.6) is 0 Å². The first-order valence-electron chi connectivity index (χ1n) is 7.21. The molecule has 0 saturated carbocycles. The number of halogens is 1. The molecule has 8 heteroatoms. The van der Waals surface area contributed by atoms with E-state index in [1.54, 1.807) is 23.1 Å². The quantitative estimate of drug-likeness (QED) is 0.848. The van der Waals surface area contributed by atoms with Crippen molar-refractivity contribution in [2.45, 2.75) is 38.1 Å². The molecule has 0 aromatic heterocycles. The van der Waals surface area contributed by atoms with Gasteiger partial charge in [-0.15, -0.1) is 12.4 Å². The molecule has 0 radical (unpaired) electrons. The normalized spacial score (nSPS) is 15.8. The summed E-state index contributed by atoms with van der Waals surface area (Å²) in [7, 11) is -2.17. The molecule has 1 heterocycles. The van der Waals surface area contributed by atoms with E-state index in [-0.39, 0.29) is 28.6 Å². The second-order valence-corrected chi connectivity index (χ2v) is 8.47. The van der Waals surface area contributed by atoms with Gasteiger partial charge in [0.25, 0.3) is 0 Å². The summed E-state index contributed by atoms with van der Waals surface area (Å²) in [5, 5.41) is 0. The number of benzene rings is 1. The summed E-state index contributed by atoms with van der Waals surface area (Å²) in [6.07, 6.45) is 0.706. The number of carbonyl (C=O) groups is 1. The first kappa shape index (κ1) is 19.9. The third-order valence-corrected chi connectivity index (χ3v) is 5.41. The molecule has 1 aliphatic rings. The van der Waals surface area contributed by atoms with Gasteiger partial charge < -0.3 is 10.6 Å². The number of rotatable bonds is 3. The Morgan fingerprint density at radius 1 is 1.35 bits per heavy atom. The smallest absolute Gasteiger partial charge is 0.244 e. The molecule has 1 aromatic rings. The fourth-order valence-corrected chi connectivity index (χ4v) is 3.16. The van der Waals surface area contributed by atoms with Crippen LogP contribution >= 0.6 is 12.4 Å². The van der Waals surface area contributed by atoms with Crippen molar-refractivity contribution >= 4 is 34.0 Å². The Hall–Kier alpha value is -1.15. The third kappa shape index (κ3) is 3.85. The van der Waals surface area contributed by atoms with Gasteiger partial charge in [0, 0.05) is 12.2 Å². The highest BCUT2D eigenvalue weighted by Gasteiger charge is 2.35. The standard InChI is InChI=1S/C15H23N3O3S.ClH/c1-15(2,3)13(16)14(19)18-8-7-10-5-6-11(9-12(10)18)22(20,21)17-4;/h5-6,9,13,17H,7-8,16H2,1-4H3;1H/t13-;/m1./s1. The maximum Gasteiger partial charge on any atom is 0.244 e. The first-order valence-corrected chi connectivity index (χ1v) is 8.69. The van der Waals surface area contributed by atoms with Crippen LogP contribution < -0.4 is 15.4 Å². The molecular formula is C15H24ClN3O3S. The van der Waals surface area contributed by atoms with Gasteiger partial charge in [-0.05, 0) is 36.6 Å². The number of anilines is 1. The molecule has 2 rings (SSSR count). The summed E-state index contributed by atoms with van der Waals surface area (Å²) in [6.45, 7) is 6.26. The van der Waals surface area contributed by atoms with Crippen LogP contribution in [0.15, 0.2) is 23.1 Å². The summed E-state index contributed by atoms with van der Waals surface area (Å²) in [5.41, 5.74) is 7.31. The molecule has 130 valence electrons. The van der Waals surface area contributed by atoms with Crippen LogP contribution in [0.1, 0.15) is 26.3 Å². The number of amides is 1. The molecule has 6 nitrogen and oxygen atoms in total. The maximum atomic E-state index is 12.6. The molecule has 0 unspecified atom stereocenters. The summed E-state index contributed by atoms with van der Waals surface area (Å²) < 4.78 is 26.1. The molecule has 1 atom stereocenters. The minimum atomic E-state index is -3.54. The van der Waals surface area contributed by atoms with Crippen molar-refractivity contribution in [3.8, 4) is 0 Å². The summed E-state index contributed by atoms with van der Waals surface area (Å²) in [4.78, 5) is 14.4. The van der Waals surface area contributed by atoms with Gasteiger partial charge in [0.1, 0.15) is 0 Å². The predicted molar refractivity (Wildman–Crippen MR) is 93.4 cm³/mol. The van der Waals surface area contributed by atoms with E-state index in [0.717, 1.165) is 5.56 Å². The Bertz CT molecular complexity index is 698. The van der Waals surface area contributed by atoms with Crippen LogP contribution in [0.25, 0.3) is 0 Å². The molecule has 1 aliphatic heterocycles. The van der Waals surface area contributed by atoms with Crippen LogP contribution in [0, 0.1) is 5.41 Å². The second kappa shape index (κ2) is 6.76. The molecule has 3 N–H and O–H groups in total. The number of nitrogens with one attached hydrogen (secondary N) is 1. The molecule has 1 aromatic carbocycles. The summed E-state index contributed by atoms with van der Waals surface area (Å²) in [6, 6.07) is 4.22. The fraction of sp³-hybridized carbons (Fsp3) is 0.533. The molecule has 1 amide bonds. The van der Waals surface area contributed by atoms with Crippen molar-refractivity contribution in [3.05, 3.63) is 23.8 Å². The van der Waals surface area contributed by atoms with Gasteiger partial charge in [-0.1, -0.05) is 26.8 Å². The van der Waals surface area contributed by atoms with E-state index in [4.69, 9.17) is 5.73 Å². The van der Waals surface area contributed by atoms with Gasteiger partial charge >= 0.3 is 0 Å². The van der Waals surface area contributed by atoms with E-state index in [1.807, 2.05) is 20.8 Å². The monoisotopic (exact) mass is 361 g/mol. The van der Waals surface area contributed by atoms with Crippen LogP contribution in [0.3, 0.4) is 0 Å². The number of carbonyl (C=O) groups excluding carboxylic acids is 1. The Morgan fingerprint density at radius 2 is 1.96 bits per heavy atom. The zero-order valence-electron chi connectivity index (χ0n) is 13.8. The Balaban J connectivity index is 0.00000264. The average molecular weight is 362 g/mol. The lowest BCUT2D eigenvalue weighted by Gasteiger charge is -2.30. The SMILES string of the molecule is CNS(=O)(=O)c1ccc2c(c1)N(C(=O)[C@@H](N)C(C)(C)C)CC2.Cl. The largest absolute Gasteiger partial charge is 0.319 e. The van der Waals surface area contributed by atoms with Crippen molar-refractivity contribution in [3.63, 3.8) is 0 Å². The highest BCUT2D eigenvalue weighted by atomic mass is 35.5. The van der Waals surface area contributed by atoms with Gasteiger partial charge in [0.15, 0.2) is 0 Å². The number of sulfonamides is 1. The van der Waals surface area contributed by atoms with Crippen molar-refractivity contribution in [2.75, 3.05) is 18.5 Å². The summed E-state index contributed by atoms with van der Waals surface area (Å²) in [5.74, 6) is -0.176. The van der Waals surface area contributed by atoms with Crippen LogP contribution in [0.2, 0.25) is 0 Å². The highest BCUT2D eigenvalue weighted by Crippen LogP contribution is 2.32. The van der Waals surface area contributed by atoms with Gasteiger partial charge in [0.2, 0.25) is 15.9 Å². The molecule has 0 aliphatic carbocycles. The molecule has 0 fully saturated rings. The topological polar surface area (TPSA) is 92.5 Å². The summed E-state index contributed by atoms with van der Waals surface area (Å²) >= 11 is 0. The van der Waals surface area contributed by atoms with Crippen molar-refractivity contribution < 1.29 is 13.2 Å². The van der Waals surface area contributed by atoms with Crippen LogP contribution in [-0.4, -0.2) is 34.0 Å². The number of fused-ring (bicyclic) bond motifs is 1. The van der Waals surface area contributed by atoms with Crippen molar-refractivity contribution in [2.24, 2.45) is 11.1 Å². The minimum absolute atomic E-state index is 0. The average Bonchev–Trinajstić information content (AvgIpc) is 2.87. The lowest BCUT2D eigenvalue weighted by molar-refractivity contribution is -0.121. The predicted octanol–water partition coefficient (Wildman–Crippen LogP) is 1.28. The number of nitrogens with zero attached hydrogens (tertiary/aromatic N) is 1. The Morgan fingerprint density at radius 3 is 2.48 bits per heavy atom. The van der Waals surface area contributed by atoms with Crippen molar-refractivity contribution in [1.82, 2.24) is 4.72 Å². The molecule has 0 saturated heterocycles. The first-order chi connectivity index (χ1) is 10.1. The van der Waals surface area contributed by atoms with E-state index >= 15 is 0 Å². The Labute approximate surface area is 143 Å². The molecule has 0 bridgehead atoms. The molecular weight excluding hydrogens is 338 g/mol. The van der Waals surface area contributed by atoms with E-state index < -0.39 is 16.1 Å².